The Morgan fingerprint density at radius 3 is 2.79 bits per heavy atom. The molecule has 0 aliphatic heterocycles. The predicted octanol–water partition coefficient (Wildman–Crippen LogP) is 3.02. The van der Waals surface area contributed by atoms with E-state index in [1.54, 1.807) is 18.3 Å². The van der Waals surface area contributed by atoms with Gasteiger partial charge in [-0.2, -0.15) is 0 Å². The SMILES string of the molecule is Cc1ccc(C(O)=C2CCc3nc(NC(=O)NCCCN(C)C)sc3C2=O)cn1. The van der Waals surface area contributed by atoms with Crippen LogP contribution in [0.5, 0.6) is 0 Å². The molecule has 3 rings (SSSR count). The number of Topliss-reactive ketones (excluding diaryl/α,β-unsaturated/α-hetero) is 1. The molecule has 29 heavy (non-hydrogen) atoms. The molecule has 8 nitrogen and oxygen atoms in total. The topological polar surface area (TPSA) is 107 Å². The van der Waals surface area contributed by atoms with Crippen molar-refractivity contribution in [2.75, 3.05) is 32.5 Å². The number of aryl methyl sites for hydroxylation is 2. The Kier molecular flexibility index (Phi) is 6.60. The van der Waals surface area contributed by atoms with Gasteiger partial charge < -0.3 is 15.3 Å². The first kappa shape index (κ1) is 20.9. The van der Waals surface area contributed by atoms with Crippen molar-refractivity contribution in [3.63, 3.8) is 0 Å². The van der Waals surface area contributed by atoms with Crippen molar-refractivity contribution in [3.05, 3.63) is 45.7 Å². The minimum Gasteiger partial charge on any atom is -0.507 e. The largest absolute Gasteiger partial charge is 0.507 e. The number of aliphatic hydroxyl groups is 1. The standard InChI is InChI=1S/C20H25N5O3S/c1-12-5-6-13(11-22-12)16(26)14-7-8-15-18(17(14)27)29-20(23-15)24-19(28)21-9-4-10-25(2)3/h5-6,11,26H,4,7-10H2,1-3H3,(H2,21,23,24,28). The molecule has 0 saturated heterocycles. The first-order chi connectivity index (χ1) is 13.8. The number of allylic oxidation sites excluding steroid dienone is 1. The number of ketones is 1. The third-order valence-electron chi connectivity index (χ3n) is 4.55. The number of thiazole rings is 1. The van der Waals surface area contributed by atoms with Gasteiger partial charge in [-0.05, 0) is 59.0 Å². The third-order valence-corrected chi connectivity index (χ3v) is 5.56. The number of fused-ring (bicyclic) bond motifs is 1. The van der Waals surface area contributed by atoms with Crippen LogP contribution in [0.3, 0.4) is 0 Å². The molecule has 154 valence electrons. The van der Waals surface area contributed by atoms with E-state index in [1.807, 2.05) is 25.9 Å². The fourth-order valence-electron chi connectivity index (χ4n) is 2.99. The van der Waals surface area contributed by atoms with Crippen LogP contribution in [-0.2, 0) is 6.42 Å². The molecule has 0 aromatic carbocycles. The maximum absolute atomic E-state index is 12.9. The van der Waals surface area contributed by atoms with Crippen molar-refractivity contribution in [2.24, 2.45) is 0 Å². The second-order valence-electron chi connectivity index (χ2n) is 7.18. The van der Waals surface area contributed by atoms with Gasteiger partial charge in [0.1, 0.15) is 10.6 Å². The van der Waals surface area contributed by atoms with Crippen molar-refractivity contribution >= 4 is 34.0 Å². The molecule has 0 spiro atoms. The van der Waals surface area contributed by atoms with Crippen LogP contribution in [0.4, 0.5) is 9.93 Å². The van der Waals surface area contributed by atoms with Crippen molar-refractivity contribution in [1.82, 2.24) is 20.2 Å². The molecule has 2 heterocycles. The Hall–Kier alpha value is -2.78. The van der Waals surface area contributed by atoms with E-state index in [4.69, 9.17) is 0 Å². The lowest BCUT2D eigenvalue weighted by Gasteiger charge is -2.14. The van der Waals surface area contributed by atoms with Crippen LogP contribution in [0.1, 0.15) is 39.5 Å². The molecule has 0 fully saturated rings. The normalized spacial score (nSPS) is 15.2. The van der Waals surface area contributed by atoms with Gasteiger partial charge in [-0.1, -0.05) is 11.3 Å². The molecule has 0 bridgehead atoms. The number of hydrogen-bond donors (Lipinski definition) is 3. The van der Waals surface area contributed by atoms with Crippen LogP contribution >= 0.6 is 11.3 Å². The monoisotopic (exact) mass is 415 g/mol. The Labute approximate surface area is 173 Å². The fraction of sp³-hybridized carbons (Fsp3) is 0.400. The van der Waals surface area contributed by atoms with Gasteiger partial charge in [0.2, 0.25) is 5.78 Å². The lowest BCUT2D eigenvalue weighted by molar-refractivity contribution is 0.102. The van der Waals surface area contributed by atoms with E-state index < -0.39 is 0 Å². The second kappa shape index (κ2) is 9.15. The molecular weight excluding hydrogens is 390 g/mol. The summed E-state index contributed by atoms with van der Waals surface area (Å²) in [6.07, 6.45) is 3.32. The number of nitrogens with one attached hydrogen (secondary N) is 2. The highest BCUT2D eigenvalue weighted by atomic mass is 32.1. The number of hydrogen-bond acceptors (Lipinski definition) is 7. The molecule has 0 atom stereocenters. The summed E-state index contributed by atoms with van der Waals surface area (Å²) in [4.78, 5) is 36.0. The molecule has 1 aliphatic rings. The summed E-state index contributed by atoms with van der Waals surface area (Å²) in [7, 11) is 3.96. The molecule has 0 unspecified atom stereocenters. The number of anilines is 1. The van der Waals surface area contributed by atoms with Gasteiger partial charge in [0.05, 0.1) is 5.69 Å². The number of nitrogens with zero attached hydrogens (tertiary/aromatic N) is 3. The number of aliphatic hydroxyl groups excluding tert-OH is 1. The van der Waals surface area contributed by atoms with E-state index in [9.17, 15) is 14.7 Å². The quantitative estimate of drug-likeness (QED) is 0.380. The van der Waals surface area contributed by atoms with Gasteiger partial charge in [-0.25, -0.2) is 9.78 Å². The fourth-order valence-corrected chi connectivity index (χ4v) is 3.97. The van der Waals surface area contributed by atoms with Crippen LogP contribution in [0.25, 0.3) is 5.76 Å². The first-order valence-electron chi connectivity index (χ1n) is 9.44. The Morgan fingerprint density at radius 2 is 2.10 bits per heavy atom. The molecule has 2 amide bonds. The summed E-state index contributed by atoms with van der Waals surface area (Å²) >= 11 is 1.13. The maximum Gasteiger partial charge on any atom is 0.321 e. The van der Waals surface area contributed by atoms with E-state index in [2.05, 4.69) is 20.6 Å². The highest BCUT2D eigenvalue weighted by molar-refractivity contribution is 7.18. The number of rotatable bonds is 6. The van der Waals surface area contributed by atoms with Gasteiger partial charge in [-0.3, -0.25) is 15.1 Å². The zero-order chi connectivity index (χ0) is 21.0. The van der Waals surface area contributed by atoms with Gasteiger partial charge >= 0.3 is 6.03 Å². The summed E-state index contributed by atoms with van der Waals surface area (Å²) in [5, 5.41) is 16.4. The minimum atomic E-state index is -0.341. The van der Waals surface area contributed by atoms with Crippen LogP contribution in [0, 0.1) is 6.92 Å². The number of urea groups is 1. The summed E-state index contributed by atoms with van der Waals surface area (Å²) in [6, 6.07) is 3.19. The molecule has 0 saturated carbocycles. The van der Waals surface area contributed by atoms with Crippen LogP contribution < -0.4 is 10.6 Å². The van der Waals surface area contributed by atoms with Gasteiger partial charge in [-0.15, -0.1) is 0 Å². The number of pyridine rings is 1. The minimum absolute atomic E-state index is 0.0466. The van der Waals surface area contributed by atoms with E-state index in [0.717, 1.165) is 30.0 Å². The van der Waals surface area contributed by atoms with Crippen LogP contribution in [-0.4, -0.2) is 59.0 Å². The van der Waals surface area contributed by atoms with Crippen LogP contribution in [0.2, 0.25) is 0 Å². The maximum atomic E-state index is 12.9. The summed E-state index contributed by atoms with van der Waals surface area (Å²) < 4.78 is 0. The summed E-state index contributed by atoms with van der Waals surface area (Å²) in [5.41, 5.74) is 2.36. The predicted molar refractivity (Wildman–Crippen MR) is 113 cm³/mol. The average Bonchev–Trinajstić information content (AvgIpc) is 3.09. The first-order valence-corrected chi connectivity index (χ1v) is 10.3. The zero-order valence-electron chi connectivity index (χ0n) is 16.8. The Morgan fingerprint density at radius 1 is 1.31 bits per heavy atom. The van der Waals surface area contributed by atoms with Gasteiger partial charge in [0.25, 0.3) is 0 Å². The lowest BCUT2D eigenvalue weighted by atomic mass is 9.93. The number of carbonyl (C=O) groups is 2. The molecule has 3 N–H and O–H groups in total. The molecular formula is C20H25N5O3S. The molecule has 2 aromatic rings. The Balaban J connectivity index is 1.68. The van der Waals surface area contributed by atoms with Gasteiger partial charge in [0.15, 0.2) is 5.13 Å². The summed E-state index contributed by atoms with van der Waals surface area (Å²) in [6.45, 7) is 3.30. The van der Waals surface area contributed by atoms with E-state index in [-0.39, 0.29) is 17.6 Å². The van der Waals surface area contributed by atoms with E-state index >= 15 is 0 Å². The van der Waals surface area contributed by atoms with Crippen molar-refractivity contribution in [2.45, 2.75) is 26.2 Å². The second-order valence-corrected chi connectivity index (χ2v) is 8.18. The molecule has 2 aromatic heterocycles. The van der Waals surface area contributed by atoms with E-state index in [0.29, 0.717) is 46.2 Å². The lowest BCUT2D eigenvalue weighted by Crippen LogP contribution is -2.31. The summed E-state index contributed by atoms with van der Waals surface area (Å²) in [5.74, 6) is -0.295. The number of carbonyl (C=O) groups excluding carboxylic acids is 2. The van der Waals surface area contributed by atoms with Crippen molar-refractivity contribution < 1.29 is 14.7 Å². The Bertz CT molecular complexity index is 934. The molecule has 0 radical (unpaired) electrons. The van der Waals surface area contributed by atoms with Crippen molar-refractivity contribution in [1.29, 1.82) is 0 Å². The molecule has 1 aliphatic carbocycles. The van der Waals surface area contributed by atoms with Crippen LogP contribution in [0.15, 0.2) is 23.9 Å². The van der Waals surface area contributed by atoms with Crippen molar-refractivity contribution in [3.8, 4) is 0 Å². The smallest absolute Gasteiger partial charge is 0.321 e. The third kappa shape index (κ3) is 5.18. The van der Waals surface area contributed by atoms with Gasteiger partial charge in [0, 0.05) is 29.6 Å². The number of aromatic nitrogens is 2. The van der Waals surface area contributed by atoms with E-state index in [1.165, 1.54) is 0 Å². The number of amides is 2. The molecule has 9 heteroatoms. The highest BCUT2D eigenvalue weighted by Crippen LogP contribution is 2.34. The zero-order valence-corrected chi connectivity index (χ0v) is 17.6. The average molecular weight is 416 g/mol. The highest BCUT2D eigenvalue weighted by Gasteiger charge is 2.29.